The molecule has 3 fully saturated rings. The summed E-state index contributed by atoms with van der Waals surface area (Å²) in [6.07, 6.45) is 8.57. The second-order valence-electron chi connectivity index (χ2n) is 6.38. The molecular formula is C15H29N3. The molecule has 104 valence electrons. The summed E-state index contributed by atoms with van der Waals surface area (Å²) < 4.78 is 0. The maximum absolute atomic E-state index is 3.65. The lowest BCUT2D eigenvalue weighted by Crippen LogP contribution is -2.53. The molecule has 3 rings (SSSR count). The standard InChI is InChI=1S/C15H29N3/c1-2-16-13-4-3-5-15(12-13)18-10-8-17(9-11-18)14-6-7-14/h13-16H,2-12H2,1H3. The Morgan fingerprint density at radius 3 is 2.17 bits per heavy atom. The number of hydrogen-bond donors (Lipinski definition) is 1. The Morgan fingerprint density at radius 2 is 1.56 bits per heavy atom. The van der Waals surface area contributed by atoms with Gasteiger partial charge in [0.25, 0.3) is 0 Å². The van der Waals surface area contributed by atoms with Gasteiger partial charge in [0.15, 0.2) is 0 Å². The van der Waals surface area contributed by atoms with E-state index in [0.29, 0.717) is 0 Å². The second-order valence-corrected chi connectivity index (χ2v) is 6.38. The molecule has 2 aliphatic carbocycles. The first-order valence-electron chi connectivity index (χ1n) is 8.08. The molecule has 0 aromatic heterocycles. The van der Waals surface area contributed by atoms with Crippen LogP contribution in [0.25, 0.3) is 0 Å². The number of nitrogens with zero attached hydrogens (tertiary/aromatic N) is 2. The van der Waals surface area contributed by atoms with Crippen LogP contribution in [0.15, 0.2) is 0 Å². The molecule has 1 aliphatic heterocycles. The summed E-state index contributed by atoms with van der Waals surface area (Å²) in [7, 11) is 0. The summed E-state index contributed by atoms with van der Waals surface area (Å²) in [5.41, 5.74) is 0. The van der Waals surface area contributed by atoms with Crippen molar-refractivity contribution >= 4 is 0 Å². The first-order valence-corrected chi connectivity index (χ1v) is 8.08. The molecule has 2 unspecified atom stereocenters. The summed E-state index contributed by atoms with van der Waals surface area (Å²) in [5.74, 6) is 0. The lowest BCUT2D eigenvalue weighted by Gasteiger charge is -2.42. The van der Waals surface area contributed by atoms with Crippen molar-refractivity contribution in [1.82, 2.24) is 15.1 Å². The third kappa shape index (κ3) is 3.06. The lowest BCUT2D eigenvalue weighted by atomic mass is 9.89. The van der Waals surface area contributed by atoms with Gasteiger partial charge in [-0.15, -0.1) is 0 Å². The van der Waals surface area contributed by atoms with E-state index in [1.807, 2.05) is 0 Å². The van der Waals surface area contributed by atoms with Crippen molar-refractivity contribution in [3.05, 3.63) is 0 Å². The average molecular weight is 251 g/mol. The number of rotatable bonds is 4. The van der Waals surface area contributed by atoms with Crippen molar-refractivity contribution < 1.29 is 0 Å². The fourth-order valence-corrected chi connectivity index (χ4v) is 3.88. The van der Waals surface area contributed by atoms with Crippen molar-refractivity contribution in [3.63, 3.8) is 0 Å². The number of nitrogens with one attached hydrogen (secondary N) is 1. The lowest BCUT2D eigenvalue weighted by molar-refractivity contribution is 0.0686. The van der Waals surface area contributed by atoms with E-state index in [2.05, 4.69) is 22.0 Å². The molecule has 1 saturated heterocycles. The predicted molar refractivity (Wildman–Crippen MR) is 75.9 cm³/mol. The smallest absolute Gasteiger partial charge is 0.0113 e. The SMILES string of the molecule is CCNC1CCCC(N2CCN(C3CC3)CC2)C1. The molecule has 3 heteroatoms. The van der Waals surface area contributed by atoms with Crippen LogP contribution < -0.4 is 5.32 Å². The second kappa shape index (κ2) is 5.89. The zero-order valence-corrected chi connectivity index (χ0v) is 11.9. The van der Waals surface area contributed by atoms with Gasteiger partial charge < -0.3 is 5.32 Å². The van der Waals surface area contributed by atoms with E-state index in [1.54, 1.807) is 0 Å². The largest absolute Gasteiger partial charge is 0.314 e. The fraction of sp³-hybridized carbons (Fsp3) is 1.00. The van der Waals surface area contributed by atoms with Crippen LogP contribution in [0.4, 0.5) is 0 Å². The Hall–Kier alpha value is -0.120. The van der Waals surface area contributed by atoms with E-state index in [1.165, 1.54) is 64.7 Å². The molecule has 0 radical (unpaired) electrons. The number of piperazine rings is 1. The summed E-state index contributed by atoms with van der Waals surface area (Å²) in [6, 6.07) is 2.62. The molecule has 0 aromatic carbocycles. The molecule has 3 nitrogen and oxygen atoms in total. The maximum Gasteiger partial charge on any atom is 0.0113 e. The first-order chi connectivity index (χ1) is 8.86. The molecule has 0 spiro atoms. The highest BCUT2D eigenvalue weighted by atomic mass is 15.3. The summed E-state index contributed by atoms with van der Waals surface area (Å²) in [6.45, 7) is 8.66. The van der Waals surface area contributed by atoms with E-state index < -0.39 is 0 Å². The van der Waals surface area contributed by atoms with E-state index in [-0.39, 0.29) is 0 Å². The highest BCUT2D eigenvalue weighted by Gasteiger charge is 2.34. The van der Waals surface area contributed by atoms with Crippen LogP contribution in [0.5, 0.6) is 0 Å². The Balaban J connectivity index is 1.46. The van der Waals surface area contributed by atoms with Gasteiger partial charge in [-0.25, -0.2) is 0 Å². The summed E-state index contributed by atoms with van der Waals surface area (Å²) in [5, 5.41) is 3.65. The van der Waals surface area contributed by atoms with Crippen molar-refractivity contribution in [2.45, 2.75) is 63.6 Å². The van der Waals surface area contributed by atoms with Crippen LogP contribution in [-0.4, -0.2) is 60.6 Å². The van der Waals surface area contributed by atoms with Crippen molar-refractivity contribution in [2.24, 2.45) is 0 Å². The molecule has 1 heterocycles. The van der Waals surface area contributed by atoms with Crippen LogP contribution in [0.2, 0.25) is 0 Å². The number of hydrogen-bond acceptors (Lipinski definition) is 3. The van der Waals surface area contributed by atoms with Gasteiger partial charge in [0.05, 0.1) is 0 Å². The van der Waals surface area contributed by atoms with E-state index >= 15 is 0 Å². The van der Waals surface area contributed by atoms with Gasteiger partial charge in [-0.3, -0.25) is 9.80 Å². The predicted octanol–water partition coefficient (Wildman–Crippen LogP) is 1.69. The Morgan fingerprint density at radius 1 is 0.889 bits per heavy atom. The Labute approximate surface area is 112 Å². The van der Waals surface area contributed by atoms with Gasteiger partial charge >= 0.3 is 0 Å². The van der Waals surface area contributed by atoms with Gasteiger partial charge in [0, 0.05) is 44.3 Å². The topological polar surface area (TPSA) is 18.5 Å². The third-order valence-corrected chi connectivity index (χ3v) is 5.07. The van der Waals surface area contributed by atoms with Crippen LogP contribution in [0, 0.1) is 0 Å². The Bertz CT molecular complexity index is 254. The van der Waals surface area contributed by atoms with Crippen LogP contribution in [-0.2, 0) is 0 Å². The minimum absolute atomic E-state index is 0.787. The maximum atomic E-state index is 3.65. The highest BCUT2D eigenvalue weighted by molar-refractivity contribution is 4.90. The van der Waals surface area contributed by atoms with E-state index in [0.717, 1.165) is 24.7 Å². The van der Waals surface area contributed by atoms with E-state index in [4.69, 9.17) is 0 Å². The van der Waals surface area contributed by atoms with Crippen LogP contribution in [0.3, 0.4) is 0 Å². The van der Waals surface area contributed by atoms with Crippen LogP contribution >= 0.6 is 0 Å². The van der Waals surface area contributed by atoms with E-state index in [9.17, 15) is 0 Å². The molecular weight excluding hydrogens is 222 g/mol. The van der Waals surface area contributed by atoms with Gasteiger partial charge in [-0.1, -0.05) is 13.3 Å². The summed E-state index contributed by atoms with van der Waals surface area (Å²) in [4.78, 5) is 5.50. The Kier molecular flexibility index (Phi) is 4.22. The zero-order valence-electron chi connectivity index (χ0n) is 11.9. The van der Waals surface area contributed by atoms with Gasteiger partial charge in [0.2, 0.25) is 0 Å². The zero-order chi connectivity index (χ0) is 12.4. The minimum Gasteiger partial charge on any atom is -0.314 e. The quantitative estimate of drug-likeness (QED) is 0.820. The van der Waals surface area contributed by atoms with Crippen molar-refractivity contribution in [2.75, 3.05) is 32.7 Å². The van der Waals surface area contributed by atoms with Crippen LogP contribution in [0.1, 0.15) is 45.4 Å². The summed E-state index contributed by atoms with van der Waals surface area (Å²) >= 11 is 0. The van der Waals surface area contributed by atoms with Crippen molar-refractivity contribution in [3.8, 4) is 0 Å². The molecule has 2 saturated carbocycles. The van der Waals surface area contributed by atoms with Gasteiger partial charge in [-0.05, 0) is 38.6 Å². The van der Waals surface area contributed by atoms with Gasteiger partial charge in [0.1, 0.15) is 0 Å². The van der Waals surface area contributed by atoms with Gasteiger partial charge in [-0.2, -0.15) is 0 Å². The molecule has 0 bridgehead atoms. The normalized spacial score (nSPS) is 35.8. The molecule has 0 aromatic rings. The monoisotopic (exact) mass is 251 g/mol. The average Bonchev–Trinajstić information content (AvgIpc) is 3.24. The fourth-order valence-electron chi connectivity index (χ4n) is 3.88. The van der Waals surface area contributed by atoms with Crippen molar-refractivity contribution in [1.29, 1.82) is 0 Å². The molecule has 1 N–H and O–H groups in total. The third-order valence-electron chi connectivity index (χ3n) is 5.07. The minimum atomic E-state index is 0.787. The molecule has 3 aliphatic rings. The highest BCUT2D eigenvalue weighted by Crippen LogP contribution is 2.29. The molecule has 0 amide bonds. The molecule has 18 heavy (non-hydrogen) atoms. The first kappa shape index (κ1) is 12.9. The molecule has 2 atom stereocenters.